The zero-order valence-electron chi connectivity index (χ0n) is 6.55. The Balaban J connectivity index is 2.31. The largest absolute Gasteiger partial charge is 0.0840 e. The lowest BCUT2D eigenvalue weighted by atomic mass is 10.1. The van der Waals surface area contributed by atoms with Crippen LogP contribution in [0.15, 0.2) is 24.3 Å². The molecule has 1 aromatic carbocycles. The average molecular weight is 167 g/mol. The second-order valence-corrected chi connectivity index (χ2v) is 3.75. The van der Waals surface area contributed by atoms with Gasteiger partial charge < -0.3 is 0 Å². The monoisotopic (exact) mass is 166 g/mol. The molecule has 11 heavy (non-hydrogen) atoms. The Bertz CT molecular complexity index is 267. The van der Waals surface area contributed by atoms with E-state index in [0.29, 0.717) is 0 Å². The molecule has 0 spiro atoms. The summed E-state index contributed by atoms with van der Waals surface area (Å²) in [7, 11) is 0. The zero-order chi connectivity index (χ0) is 7.84. The van der Waals surface area contributed by atoms with Crippen LogP contribution in [0.25, 0.3) is 0 Å². The van der Waals surface area contributed by atoms with Gasteiger partial charge in [0.15, 0.2) is 0 Å². The molecule has 0 bridgehead atoms. The molecule has 0 aliphatic heterocycles. The second kappa shape index (κ2) is 2.53. The molecule has 1 aromatic rings. The number of halogens is 1. The summed E-state index contributed by atoms with van der Waals surface area (Å²) >= 11 is 6.02. The van der Waals surface area contributed by atoms with Crippen molar-refractivity contribution >= 4 is 11.6 Å². The maximum atomic E-state index is 6.02. The van der Waals surface area contributed by atoms with Crippen molar-refractivity contribution in [3.05, 3.63) is 34.9 Å². The third kappa shape index (κ3) is 1.28. The van der Waals surface area contributed by atoms with Gasteiger partial charge in [0.05, 0.1) is 0 Å². The highest BCUT2D eigenvalue weighted by Crippen LogP contribution is 2.48. The molecule has 1 saturated carbocycles. The van der Waals surface area contributed by atoms with E-state index in [0.717, 1.165) is 16.9 Å². The van der Waals surface area contributed by atoms with Gasteiger partial charge in [0, 0.05) is 5.02 Å². The van der Waals surface area contributed by atoms with E-state index >= 15 is 0 Å². The Hall–Kier alpha value is -0.490. The van der Waals surface area contributed by atoms with Gasteiger partial charge in [-0.1, -0.05) is 36.7 Å². The van der Waals surface area contributed by atoms with E-state index < -0.39 is 0 Å². The van der Waals surface area contributed by atoms with Crippen LogP contribution in [0.5, 0.6) is 0 Å². The fourth-order valence-electron chi connectivity index (χ4n) is 1.53. The van der Waals surface area contributed by atoms with Gasteiger partial charge >= 0.3 is 0 Å². The highest BCUT2D eigenvalue weighted by Gasteiger charge is 2.34. The van der Waals surface area contributed by atoms with Gasteiger partial charge in [-0.3, -0.25) is 0 Å². The molecule has 0 nitrogen and oxygen atoms in total. The van der Waals surface area contributed by atoms with Crippen molar-refractivity contribution in [1.29, 1.82) is 0 Å². The number of benzene rings is 1. The van der Waals surface area contributed by atoms with Crippen LogP contribution in [0.4, 0.5) is 0 Å². The van der Waals surface area contributed by atoms with Crippen LogP contribution in [-0.2, 0) is 0 Å². The van der Waals surface area contributed by atoms with E-state index in [1.807, 2.05) is 12.1 Å². The molecule has 2 rings (SSSR count). The maximum absolute atomic E-state index is 6.02. The summed E-state index contributed by atoms with van der Waals surface area (Å²) in [6.07, 6.45) is 1.31. The van der Waals surface area contributed by atoms with Gasteiger partial charge in [0.1, 0.15) is 0 Å². The van der Waals surface area contributed by atoms with Crippen LogP contribution < -0.4 is 0 Å². The van der Waals surface area contributed by atoms with Crippen LogP contribution in [0.2, 0.25) is 5.02 Å². The molecule has 2 unspecified atom stereocenters. The highest BCUT2D eigenvalue weighted by molar-refractivity contribution is 6.31. The Morgan fingerprint density at radius 2 is 2.00 bits per heavy atom. The molecule has 1 aliphatic carbocycles. The molecule has 0 heterocycles. The molecule has 0 N–H and O–H groups in total. The van der Waals surface area contributed by atoms with E-state index in [-0.39, 0.29) is 0 Å². The molecule has 2 atom stereocenters. The van der Waals surface area contributed by atoms with Crippen molar-refractivity contribution in [3.63, 3.8) is 0 Å². The molecule has 0 aromatic heterocycles. The number of rotatable bonds is 1. The molecule has 1 aliphatic rings. The summed E-state index contributed by atoms with van der Waals surface area (Å²) in [6, 6.07) is 8.16. The molecule has 1 fully saturated rings. The lowest BCUT2D eigenvalue weighted by molar-refractivity contribution is 0.915. The second-order valence-electron chi connectivity index (χ2n) is 3.34. The Kier molecular flexibility index (Phi) is 1.65. The molecule has 58 valence electrons. The SMILES string of the molecule is CC1CC1c1ccccc1Cl. The zero-order valence-corrected chi connectivity index (χ0v) is 7.31. The van der Waals surface area contributed by atoms with Gasteiger partial charge in [-0.15, -0.1) is 0 Å². The first-order valence-corrected chi connectivity index (χ1v) is 4.41. The quantitative estimate of drug-likeness (QED) is 0.600. The van der Waals surface area contributed by atoms with E-state index in [1.165, 1.54) is 12.0 Å². The highest BCUT2D eigenvalue weighted by atomic mass is 35.5. The summed E-state index contributed by atoms with van der Waals surface area (Å²) in [6.45, 7) is 2.27. The molecule has 0 radical (unpaired) electrons. The minimum absolute atomic E-state index is 0.740. The van der Waals surface area contributed by atoms with Crippen molar-refractivity contribution in [2.24, 2.45) is 5.92 Å². The summed E-state index contributed by atoms with van der Waals surface area (Å²) in [5, 5.41) is 0.932. The molecular formula is C10H11Cl. The Labute approximate surface area is 72.2 Å². The van der Waals surface area contributed by atoms with Crippen LogP contribution in [0.1, 0.15) is 24.8 Å². The minimum atomic E-state index is 0.740. The van der Waals surface area contributed by atoms with Gasteiger partial charge in [-0.05, 0) is 29.9 Å². The van der Waals surface area contributed by atoms with E-state index in [2.05, 4.69) is 19.1 Å². The summed E-state index contributed by atoms with van der Waals surface area (Å²) in [5.74, 6) is 1.58. The van der Waals surface area contributed by atoms with Crippen molar-refractivity contribution in [3.8, 4) is 0 Å². The predicted molar refractivity (Wildman–Crippen MR) is 48.0 cm³/mol. The van der Waals surface area contributed by atoms with Gasteiger partial charge in [-0.25, -0.2) is 0 Å². The predicted octanol–water partition coefficient (Wildman–Crippen LogP) is 3.46. The molecule has 0 amide bonds. The third-order valence-electron chi connectivity index (χ3n) is 2.41. The van der Waals surface area contributed by atoms with Crippen molar-refractivity contribution in [2.45, 2.75) is 19.3 Å². The lowest BCUT2D eigenvalue weighted by Crippen LogP contribution is -1.81. The summed E-state index contributed by atoms with van der Waals surface area (Å²) < 4.78 is 0. The van der Waals surface area contributed by atoms with Crippen molar-refractivity contribution in [2.75, 3.05) is 0 Å². The van der Waals surface area contributed by atoms with E-state index in [9.17, 15) is 0 Å². The van der Waals surface area contributed by atoms with E-state index in [1.54, 1.807) is 0 Å². The lowest BCUT2D eigenvalue weighted by Gasteiger charge is -1.99. The molecule has 0 saturated heterocycles. The topological polar surface area (TPSA) is 0 Å². The first-order chi connectivity index (χ1) is 5.29. The molecular weight excluding hydrogens is 156 g/mol. The van der Waals surface area contributed by atoms with Crippen LogP contribution in [0.3, 0.4) is 0 Å². The normalized spacial score (nSPS) is 28.5. The molecule has 1 heteroatoms. The average Bonchev–Trinajstić information content (AvgIpc) is 2.68. The van der Waals surface area contributed by atoms with Gasteiger partial charge in [-0.2, -0.15) is 0 Å². The van der Waals surface area contributed by atoms with Crippen LogP contribution in [0, 0.1) is 5.92 Å². The first kappa shape index (κ1) is 7.17. The maximum Gasteiger partial charge on any atom is 0.0440 e. The van der Waals surface area contributed by atoms with Crippen LogP contribution in [-0.4, -0.2) is 0 Å². The third-order valence-corrected chi connectivity index (χ3v) is 2.76. The Morgan fingerprint density at radius 1 is 1.36 bits per heavy atom. The van der Waals surface area contributed by atoms with Gasteiger partial charge in [0.2, 0.25) is 0 Å². The van der Waals surface area contributed by atoms with Crippen molar-refractivity contribution in [1.82, 2.24) is 0 Å². The Morgan fingerprint density at radius 3 is 2.55 bits per heavy atom. The summed E-state index contributed by atoms with van der Waals surface area (Å²) in [4.78, 5) is 0. The van der Waals surface area contributed by atoms with Gasteiger partial charge in [0.25, 0.3) is 0 Å². The standard InChI is InChI=1S/C10H11Cl/c1-7-6-9(7)8-4-2-3-5-10(8)11/h2-5,7,9H,6H2,1H3. The summed E-state index contributed by atoms with van der Waals surface area (Å²) in [5.41, 5.74) is 1.33. The number of hydrogen-bond donors (Lipinski definition) is 0. The fourth-order valence-corrected chi connectivity index (χ4v) is 1.81. The number of hydrogen-bond acceptors (Lipinski definition) is 0. The fraction of sp³-hybridized carbons (Fsp3) is 0.400. The smallest absolute Gasteiger partial charge is 0.0440 e. The van der Waals surface area contributed by atoms with Crippen LogP contribution >= 0.6 is 11.6 Å². The van der Waals surface area contributed by atoms with E-state index in [4.69, 9.17) is 11.6 Å². The minimum Gasteiger partial charge on any atom is -0.0840 e. The van der Waals surface area contributed by atoms with Crippen molar-refractivity contribution < 1.29 is 0 Å². The first-order valence-electron chi connectivity index (χ1n) is 4.03.